The van der Waals surface area contributed by atoms with Crippen molar-refractivity contribution in [2.24, 2.45) is 0 Å². The largest absolute Gasteiger partial charge is 0.477 e. The van der Waals surface area contributed by atoms with E-state index in [0.717, 1.165) is 30.8 Å². The van der Waals surface area contributed by atoms with E-state index in [2.05, 4.69) is 16.8 Å². The summed E-state index contributed by atoms with van der Waals surface area (Å²) in [7, 11) is 0. The molecule has 0 bridgehead atoms. The molecule has 16 heavy (non-hydrogen) atoms. The summed E-state index contributed by atoms with van der Waals surface area (Å²) < 4.78 is 5.61. The molecular formula is C11H16Cl2N2O. The van der Waals surface area contributed by atoms with Crippen LogP contribution in [0.15, 0.2) is 12.3 Å². The van der Waals surface area contributed by atoms with E-state index >= 15 is 0 Å². The van der Waals surface area contributed by atoms with Crippen LogP contribution in [-0.4, -0.2) is 29.7 Å². The number of nitrogens with zero attached hydrogens (tertiary/aromatic N) is 2. The van der Waals surface area contributed by atoms with Crippen LogP contribution >= 0.6 is 24.0 Å². The average Bonchev–Trinajstić information content (AvgIpc) is 2.18. The molecule has 90 valence electrons. The van der Waals surface area contributed by atoms with Gasteiger partial charge in [0, 0.05) is 13.1 Å². The number of pyridine rings is 1. The Labute approximate surface area is 107 Å². The van der Waals surface area contributed by atoms with Gasteiger partial charge in [0.15, 0.2) is 0 Å². The fourth-order valence-electron chi connectivity index (χ4n) is 1.48. The summed E-state index contributed by atoms with van der Waals surface area (Å²) in [5.74, 6) is 0.808. The molecule has 0 atom stereocenters. The zero-order valence-corrected chi connectivity index (χ0v) is 10.9. The molecule has 2 heterocycles. The number of aromatic nitrogens is 1. The summed E-state index contributed by atoms with van der Waals surface area (Å²) in [6.45, 7) is 5.00. The van der Waals surface area contributed by atoms with Crippen molar-refractivity contribution < 1.29 is 4.74 Å². The first-order valence-electron chi connectivity index (χ1n) is 5.29. The third-order valence-corrected chi connectivity index (χ3v) is 2.97. The molecule has 0 spiro atoms. The molecule has 0 amide bonds. The molecule has 2 rings (SSSR count). The maximum Gasteiger partial charge on any atom is 0.142 e. The van der Waals surface area contributed by atoms with Gasteiger partial charge in [0.1, 0.15) is 17.6 Å². The van der Waals surface area contributed by atoms with Gasteiger partial charge >= 0.3 is 0 Å². The van der Waals surface area contributed by atoms with Crippen LogP contribution in [0.3, 0.4) is 0 Å². The first kappa shape index (κ1) is 13.6. The third-order valence-electron chi connectivity index (χ3n) is 2.63. The van der Waals surface area contributed by atoms with Crippen LogP contribution in [0.2, 0.25) is 5.15 Å². The summed E-state index contributed by atoms with van der Waals surface area (Å²) in [5.41, 5.74) is 1.04. The molecule has 1 aliphatic heterocycles. The van der Waals surface area contributed by atoms with Crippen molar-refractivity contribution >= 4 is 24.0 Å². The number of halogens is 2. The smallest absolute Gasteiger partial charge is 0.142 e. The van der Waals surface area contributed by atoms with Crippen molar-refractivity contribution in [3.8, 4) is 5.75 Å². The Morgan fingerprint density at radius 1 is 1.50 bits per heavy atom. The standard InChI is InChI=1S/C11H15ClN2O.ClH/c1-2-9-6-10(7-13-11(9)12)15-8-14-4-3-5-14;/h6-7H,2-5,8H2,1H3;1H. The van der Waals surface area contributed by atoms with E-state index in [0.29, 0.717) is 11.9 Å². The van der Waals surface area contributed by atoms with E-state index in [1.54, 1.807) is 6.20 Å². The van der Waals surface area contributed by atoms with Crippen LogP contribution < -0.4 is 4.74 Å². The highest BCUT2D eigenvalue weighted by atomic mass is 35.5. The maximum atomic E-state index is 5.92. The van der Waals surface area contributed by atoms with Gasteiger partial charge in [0.25, 0.3) is 0 Å². The highest BCUT2D eigenvalue weighted by Gasteiger charge is 2.13. The van der Waals surface area contributed by atoms with Gasteiger partial charge in [-0.15, -0.1) is 12.4 Å². The summed E-state index contributed by atoms with van der Waals surface area (Å²) in [5, 5.41) is 0.578. The maximum absolute atomic E-state index is 5.92. The van der Waals surface area contributed by atoms with E-state index < -0.39 is 0 Å². The van der Waals surface area contributed by atoms with Gasteiger partial charge in [-0.25, -0.2) is 4.98 Å². The average molecular weight is 263 g/mol. The highest BCUT2D eigenvalue weighted by molar-refractivity contribution is 6.30. The van der Waals surface area contributed by atoms with Crippen molar-refractivity contribution in [2.45, 2.75) is 19.8 Å². The van der Waals surface area contributed by atoms with E-state index in [4.69, 9.17) is 16.3 Å². The molecule has 0 unspecified atom stereocenters. The molecule has 0 aliphatic carbocycles. The Morgan fingerprint density at radius 2 is 2.25 bits per heavy atom. The zero-order valence-electron chi connectivity index (χ0n) is 9.28. The van der Waals surface area contributed by atoms with Crippen LogP contribution in [-0.2, 0) is 6.42 Å². The lowest BCUT2D eigenvalue weighted by Gasteiger charge is -2.30. The van der Waals surface area contributed by atoms with Crippen LogP contribution in [0.5, 0.6) is 5.75 Å². The molecule has 1 aromatic rings. The topological polar surface area (TPSA) is 25.4 Å². The molecule has 1 aliphatic rings. The summed E-state index contributed by atoms with van der Waals surface area (Å²) >= 11 is 5.92. The Hall–Kier alpha value is -0.510. The predicted molar refractivity (Wildman–Crippen MR) is 67.6 cm³/mol. The lowest BCUT2D eigenvalue weighted by atomic mass is 10.2. The van der Waals surface area contributed by atoms with Crippen LogP contribution in [0, 0.1) is 0 Å². The van der Waals surface area contributed by atoms with Crippen molar-refractivity contribution in [3.05, 3.63) is 23.0 Å². The summed E-state index contributed by atoms with van der Waals surface area (Å²) in [4.78, 5) is 6.34. The van der Waals surface area contributed by atoms with Gasteiger partial charge in [-0.3, -0.25) is 4.90 Å². The van der Waals surface area contributed by atoms with E-state index in [1.807, 2.05) is 6.07 Å². The minimum absolute atomic E-state index is 0. The lowest BCUT2D eigenvalue weighted by Crippen LogP contribution is -2.39. The van der Waals surface area contributed by atoms with Gasteiger partial charge in [0.05, 0.1) is 6.20 Å². The Kier molecular flexibility index (Phi) is 5.32. The molecular weight excluding hydrogens is 247 g/mol. The summed E-state index contributed by atoms with van der Waals surface area (Å²) in [6, 6.07) is 1.97. The number of ether oxygens (including phenoxy) is 1. The van der Waals surface area contributed by atoms with Crippen LogP contribution in [0.1, 0.15) is 18.9 Å². The molecule has 5 heteroatoms. The first-order chi connectivity index (χ1) is 7.29. The van der Waals surface area contributed by atoms with Crippen molar-refractivity contribution in [3.63, 3.8) is 0 Å². The second-order valence-corrected chi connectivity index (χ2v) is 4.08. The number of rotatable bonds is 4. The molecule has 0 radical (unpaired) electrons. The monoisotopic (exact) mass is 262 g/mol. The number of aryl methyl sites for hydroxylation is 1. The predicted octanol–water partition coefficient (Wildman–Crippen LogP) is 2.76. The zero-order chi connectivity index (χ0) is 10.7. The molecule has 3 nitrogen and oxygen atoms in total. The van der Waals surface area contributed by atoms with Crippen molar-refractivity contribution in [1.82, 2.24) is 9.88 Å². The van der Waals surface area contributed by atoms with E-state index in [-0.39, 0.29) is 12.4 Å². The van der Waals surface area contributed by atoms with Crippen LogP contribution in [0.4, 0.5) is 0 Å². The summed E-state index contributed by atoms with van der Waals surface area (Å²) in [6.07, 6.45) is 3.84. The Morgan fingerprint density at radius 3 is 2.81 bits per heavy atom. The second-order valence-electron chi connectivity index (χ2n) is 3.72. The molecule has 0 N–H and O–H groups in total. The normalized spacial score (nSPS) is 15.1. The quantitative estimate of drug-likeness (QED) is 0.781. The fourth-order valence-corrected chi connectivity index (χ4v) is 1.71. The molecule has 1 saturated heterocycles. The van der Waals surface area contributed by atoms with Gasteiger partial charge in [-0.2, -0.15) is 0 Å². The minimum Gasteiger partial charge on any atom is -0.477 e. The first-order valence-corrected chi connectivity index (χ1v) is 5.67. The van der Waals surface area contributed by atoms with Crippen molar-refractivity contribution in [1.29, 1.82) is 0 Å². The minimum atomic E-state index is 0. The third kappa shape index (κ3) is 3.24. The SMILES string of the molecule is CCc1cc(OCN2CCC2)cnc1Cl.Cl. The van der Waals surface area contributed by atoms with Gasteiger partial charge < -0.3 is 4.74 Å². The number of likely N-dealkylation sites (tertiary alicyclic amines) is 1. The Balaban J connectivity index is 0.00000128. The molecule has 1 aromatic heterocycles. The number of hydrogen-bond donors (Lipinski definition) is 0. The lowest BCUT2D eigenvalue weighted by molar-refractivity contribution is 0.0728. The molecule has 0 aromatic carbocycles. The van der Waals surface area contributed by atoms with Gasteiger partial charge in [-0.05, 0) is 24.5 Å². The fraction of sp³-hybridized carbons (Fsp3) is 0.545. The Bertz CT molecular complexity index is 343. The highest BCUT2D eigenvalue weighted by Crippen LogP contribution is 2.20. The molecule has 0 saturated carbocycles. The van der Waals surface area contributed by atoms with Crippen molar-refractivity contribution in [2.75, 3.05) is 19.8 Å². The van der Waals surface area contributed by atoms with E-state index in [1.165, 1.54) is 6.42 Å². The number of hydrogen-bond acceptors (Lipinski definition) is 3. The van der Waals surface area contributed by atoms with E-state index in [9.17, 15) is 0 Å². The van der Waals surface area contributed by atoms with Gasteiger partial charge in [0.2, 0.25) is 0 Å². The van der Waals surface area contributed by atoms with Crippen LogP contribution in [0.25, 0.3) is 0 Å². The second kappa shape index (κ2) is 6.28. The molecule has 1 fully saturated rings. The van der Waals surface area contributed by atoms with Gasteiger partial charge in [-0.1, -0.05) is 18.5 Å².